The van der Waals surface area contributed by atoms with Gasteiger partial charge >= 0.3 is 0 Å². The van der Waals surface area contributed by atoms with Gasteiger partial charge in [0.15, 0.2) is 5.17 Å². The second-order valence-corrected chi connectivity index (χ2v) is 7.29. The Kier molecular flexibility index (Phi) is 4.85. The number of amides is 1. The van der Waals surface area contributed by atoms with E-state index in [0.29, 0.717) is 17.3 Å². The molecule has 2 aromatic carbocycles. The number of aryl methyl sites for hydroxylation is 1. The first kappa shape index (κ1) is 17.2. The lowest BCUT2D eigenvalue weighted by molar-refractivity contribution is -0.384. The van der Waals surface area contributed by atoms with E-state index in [0.717, 1.165) is 11.3 Å². The van der Waals surface area contributed by atoms with Gasteiger partial charge in [-0.3, -0.25) is 19.8 Å². The predicted octanol–water partition coefficient (Wildman–Crippen LogP) is 4.17. The molecule has 0 aliphatic carbocycles. The number of benzene rings is 2. The second-order valence-electron chi connectivity index (χ2n) is 5.89. The average molecular weight is 355 g/mol. The third-order valence-electron chi connectivity index (χ3n) is 3.75. The van der Waals surface area contributed by atoms with Gasteiger partial charge in [0.05, 0.1) is 10.6 Å². The average Bonchev–Trinajstić information content (AvgIpc) is 2.94. The molecule has 0 unspecified atom stereocenters. The zero-order chi connectivity index (χ0) is 18.0. The number of nitro benzene ring substituents is 1. The summed E-state index contributed by atoms with van der Waals surface area (Å²) in [6, 6.07) is 13.5. The number of carbonyl (C=O) groups is 1. The van der Waals surface area contributed by atoms with Gasteiger partial charge in [-0.25, -0.2) is 4.99 Å². The minimum absolute atomic E-state index is 0.0945. The summed E-state index contributed by atoms with van der Waals surface area (Å²) in [5.74, 6) is -0.271. The first-order valence-corrected chi connectivity index (χ1v) is 8.70. The molecule has 1 saturated heterocycles. The summed E-state index contributed by atoms with van der Waals surface area (Å²) >= 11 is 1.53. The van der Waals surface area contributed by atoms with Gasteiger partial charge in [0.2, 0.25) is 0 Å². The van der Waals surface area contributed by atoms with Crippen molar-refractivity contribution < 1.29 is 9.72 Å². The topological polar surface area (TPSA) is 75.8 Å². The van der Waals surface area contributed by atoms with E-state index >= 15 is 0 Å². The molecule has 0 N–H and O–H groups in total. The number of hydrogen-bond acceptors (Lipinski definition) is 5. The zero-order valence-electron chi connectivity index (χ0n) is 13.9. The van der Waals surface area contributed by atoms with Crippen LogP contribution in [0.15, 0.2) is 53.5 Å². The van der Waals surface area contributed by atoms with Gasteiger partial charge in [0, 0.05) is 29.5 Å². The number of amidine groups is 1. The Hall–Kier alpha value is -2.67. The van der Waals surface area contributed by atoms with Gasteiger partial charge in [-0.2, -0.15) is 0 Å². The van der Waals surface area contributed by atoms with E-state index in [2.05, 4.69) is 4.99 Å². The van der Waals surface area contributed by atoms with Crippen molar-refractivity contribution >= 4 is 34.2 Å². The maximum absolute atomic E-state index is 12.8. The molecule has 0 aromatic heterocycles. The van der Waals surface area contributed by atoms with Gasteiger partial charge in [0.1, 0.15) is 0 Å². The van der Waals surface area contributed by atoms with Crippen LogP contribution in [0.5, 0.6) is 0 Å². The fourth-order valence-electron chi connectivity index (χ4n) is 2.59. The van der Waals surface area contributed by atoms with Crippen molar-refractivity contribution in [1.82, 2.24) is 4.90 Å². The van der Waals surface area contributed by atoms with Crippen LogP contribution in [0, 0.1) is 17.0 Å². The lowest BCUT2D eigenvalue weighted by atomic mass is 10.2. The van der Waals surface area contributed by atoms with E-state index in [-0.39, 0.29) is 16.8 Å². The standard InChI is InChI=1S/C18H17N3O3S/c1-12-5-3-7-15(9-12)19-18-20(11-13(2)25-18)17(22)14-6-4-8-16(10-14)21(23)24/h3-10,13H,11H2,1-2H3/t13-/m0/s1. The third kappa shape index (κ3) is 3.88. The lowest BCUT2D eigenvalue weighted by Gasteiger charge is -2.16. The molecular formula is C18H17N3O3S. The molecule has 0 bridgehead atoms. The van der Waals surface area contributed by atoms with E-state index in [1.54, 1.807) is 11.0 Å². The number of thioether (sulfide) groups is 1. The Morgan fingerprint density at radius 3 is 2.76 bits per heavy atom. The first-order chi connectivity index (χ1) is 11.9. The maximum atomic E-state index is 12.8. The highest BCUT2D eigenvalue weighted by molar-refractivity contribution is 8.14. The molecule has 0 radical (unpaired) electrons. The lowest BCUT2D eigenvalue weighted by Crippen LogP contribution is -2.32. The molecule has 1 aliphatic heterocycles. The van der Waals surface area contributed by atoms with Crippen molar-refractivity contribution in [3.8, 4) is 0 Å². The Balaban J connectivity index is 1.92. The molecule has 0 spiro atoms. The van der Waals surface area contributed by atoms with Crippen molar-refractivity contribution in [2.75, 3.05) is 6.54 Å². The molecule has 7 heteroatoms. The number of hydrogen-bond donors (Lipinski definition) is 0. The van der Waals surface area contributed by atoms with Gasteiger partial charge in [-0.1, -0.05) is 36.9 Å². The van der Waals surface area contributed by atoms with Crippen LogP contribution in [-0.4, -0.2) is 32.7 Å². The van der Waals surface area contributed by atoms with Crippen molar-refractivity contribution in [3.05, 3.63) is 69.8 Å². The van der Waals surface area contributed by atoms with Gasteiger partial charge < -0.3 is 0 Å². The van der Waals surface area contributed by atoms with Crippen LogP contribution >= 0.6 is 11.8 Å². The number of non-ortho nitro benzene ring substituents is 1. The Labute approximate surface area is 149 Å². The first-order valence-electron chi connectivity index (χ1n) is 7.82. The molecule has 3 rings (SSSR count). The largest absolute Gasteiger partial charge is 0.286 e. The molecular weight excluding hydrogens is 338 g/mol. The number of nitrogens with zero attached hydrogens (tertiary/aromatic N) is 3. The third-order valence-corrected chi connectivity index (χ3v) is 4.83. The normalized spacial score (nSPS) is 18.6. The van der Waals surface area contributed by atoms with Crippen LogP contribution in [0.1, 0.15) is 22.8 Å². The monoisotopic (exact) mass is 355 g/mol. The molecule has 1 amide bonds. The van der Waals surface area contributed by atoms with Crippen molar-refractivity contribution in [2.45, 2.75) is 19.1 Å². The minimum Gasteiger partial charge on any atom is -0.286 e. The zero-order valence-corrected chi connectivity index (χ0v) is 14.7. The highest BCUT2D eigenvalue weighted by Crippen LogP contribution is 2.30. The molecule has 128 valence electrons. The Bertz CT molecular complexity index is 866. The van der Waals surface area contributed by atoms with E-state index in [1.165, 1.54) is 30.0 Å². The predicted molar refractivity (Wildman–Crippen MR) is 99.5 cm³/mol. The number of rotatable bonds is 3. The summed E-state index contributed by atoms with van der Waals surface area (Å²) in [4.78, 5) is 29.5. The molecule has 1 aliphatic rings. The minimum atomic E-state index is -0.500. The summed E-state index contributed by atoms with van der Waals surface area (Å²) in [7, 11) is 0. The van der Waals surface area contributed by atoms with E-state index < -0.39 is 4.92 Å². The van der Waals surface area contributed by atoms with Crippen LogP contribution in [0.25, 0.3) is 0 Å². The molecule has 1 heterocycles. The van der Waals surface area contributed by atoms with Crippen molar-refractivity contribution in [3.63, 3.8) is 0 Å². The van der Waals surface area contributed by atoms with E-state index in [9.17, 15) is 14.9 Å². The molecule has 0 saturated carbocycles. The highest BCUT2D eigenvalue weighted by atomic mass is 32.2. The summed E-state index contributed by atoms with van der Waals surface area (Å²) < 4.78 is 0. The molecule has 2 aromatic rings. The van der Waals surface area contributed by atoms with Crippen LogP contribution in [0.3, 0.4) is 0 Å². The molecule has 6 nitrogen and oxygen atoms in total. The summed E-state index contributed by atoms with van der Waals surface area (Å²) in [6.45, 7) is 4.54. The van der Waals surface area contributed by atoms with Gasteiger partial charge in [-0.15, -0.1) is 0 Å². The van der Waals surface area contributed by atoms with E-state index in [1.807, 2.05) is 38.1 Å². The quantitative estimate of drug-likeness (QED) is 0.612. The fourth-order valence-corrected chi connectivity index (χ4v) is 3.62. The summed E-state index contributed by atoms with van der Waals surface area (Å²) in [6.07, 6.45) is 0. The fraction of sp³-hybridized carbons (Fsp3) is 0.222. The smallest absolute Gasteiger partial charge is 0.270 e. The van der Waals surface area contributed by atoms with Gasteiger partial charge in [-0.05, 0) is 30.7 Å². The number of nitro groups is 1. The second kappa shape index (κ2) is 7.06. The summed E-state index contributed by atoms with van der Waals surface area (Å²) in [5, 5.41) is 11.8. The van der Waals surface area contributed by atoms with Crippen LogP contribution in [0.4, 0.5) is 11.4 Å². The van der Waals surface area contributed by atoms with E-state index in [4.69, 9.17) is 0 Å². The van der Waals surface area contributed by atoms with Crippen LogP contribution in [-0.2, 0) is 0 Å². The van der Waals surface area contributed by atoms with Crippen molar-refractivity contribution in [1.29, 1.82) is 0 Å². The Morgan fingerprint density at radius 2 is 2.04 bits per heavy atom. The Morgan fingerprint density at radius 1 is 1.28 bits per heavy atom. The van der Waals surface area contributed by atoms with Crippen LogP contribution in [0.2, 0.25) is 0 Å². The maximum Gasteiger partial charge on any atom is 0.270 e. The SMILES string of the molecule is Cc1cccc(N=C2S[C@@H](C)CN2C(=O)c2cccc([N+](=O)[O-])c2)c1. The molecule has 1 atom stereocenters. The number of aliphatic imine (C=N–C) groups is 1. The molecule has 25 heavy (non-hydrogen) atoms. The highest BCUT2D eigenvalue weighted by Gasteiger charge is 2.32. The van der Waals surface area contributed by atoms with Crippen molar-refractivity contribution in [2.24, 2.45) is 4.99 Å². The van der Waals surface area contributed by atoms with Crippen LogP contribution < -0.4 is 0 Å². The molecule has 1 fully saturated rings. The summed E-state index contributed by atoms with van der Waals surface area (Å²) in [5.41, 5.74) is 2.08. The number of carbonyl (C=O) groups excluding carboxylic acids is 1. The van der Waals surface area contributed by atoms with Gasteiger partial charge in [0.25, 0.3) is 11.6 Å².